The van der Waals surface area contributed by atoms with Crippen LogP contribution in [0.4, 0.5) is 0 Å². The van der Waals surface area contributed by atoms with Crippen molar-refractivity contribution < 1.29 is 14.3 Å². The fourth-order valence-corrected chi connectivity index (χ4v) is 1.13. The Hall–Kier alpha value is -1.12. The summed E-state index contributed by atoms with van der Waals surface area (Å²) in [6.07, 6.45) is 3.53. The lowest BCUT2D eigenvalue weighted by Crippen LogP contribution is -2.16. The van der Waals surface area contributed by atoms with Crippen LogP contribution >= 0.6 is 0 Å². The van der Waals surface area contributed by atoms with E-state index < -0.39 is 5.97 Å². The number of esters is 1. The molecule has 3 nitrogen and oxygen atoms in total. The van der Waals surface area contributed by atoms with Crippen LogP contribution in [0.2, 0.25) is 0 Å². The van der Waals surface area contributed by atoms with Crippen molar-refractivity contribution in [1.29, 1.82) is 0 Å². The molecule has 0 radical (unpaired) electrons. The molecule has 0 aliphatic carbocycles. The average molecular weight is 226 g/mol. The maximum atomic E-state index is 11.6. The predicted molar refractivity (Wildman–Crippen MR) is 64.1 cm³/mol. The van der Waals surface area contributed by atoms with Gasteiger partial charge in [0, 0.05) is 6.42 Å². The molecule has 0 rings (SSSR count). The average Bonchev–Trinajstić information content (AvgIpc) is 2.25. The summed E-state index contributed by atoms with van der Waals surface area (Å²) in [5.74, 6) is -0.185. The van der Waals surface area contributed by atoms with Gasteiger partial charge in [-0.1, -0.05) is 33.8 Å². The first-order valence-corrected chi connectivity index (χ1v) is 5.93. The van der Waals surface area contributed by atoms with Crippen molar-refractivity contribution in [2.24, 2.45) is 5.92 Å². The number of hydrogen-bond acceptors (Lipinski definition) is 3. The molecule has 0 fully saturated rings. The maximum absolute atomic E-state index is 11.6. The normalized spacial score (nSPS) is 11.7. The van der Waals surface area contributed by atoms with Gasteiger partial charge < -0.3 is 4.74 Å². The zero-order valence-corrected chi connectivity index (χ0v) is 10.7. The van der Waals surface area contributed by atoms with E-state index in [1.54, 1.807) is 13.0 Å². The van der Waals surface area contributed by atoms with Crippen LogP contribution in [-0.4, -0.2) is 18.4 Å². The first kappa shape index (κ1) is 14.9. The summed E-state index contributed by atoms with van der Waals surface area (Å²) in [7, 11) is 0. The minimum Gasteiger partial charge on any atom is -0.462 e. The summed E-state index contributed by atoms with van der Waals surface area (Å²) >= 11 is 0. The van der Waals surface area contributed by atoms with Gasteiger partial charge in [0.05, 0.1) is 12.2 Å². The standard InChI is InChI=1S/C13H22O3/c1-5-9-16-13(15)11(12(14)6-2)8-7-10(3)4/h8,10H,5-7,9H2,1-4H3. The molecule has 0 saturated carbocycles. The van der Waals surface area contributed by atoms with Crippen molar-refractivity contribution >= 4 is 11.8 Å². The molecule has 92 valence electrons. The van der Waals surface area contributed by atoms with Crippen molar-refractivity contribution in [1.82, 2.24) is 0 Å². The van der Waals surface area contributed by atoms with Crippen molar-refractivity contribution in [3.8, 4) is 0 Å². The summed E-state index contributed by atoms with van der Waals surface area (Å²) in [6, 6.07) is 0. The van der Waals surface area contributed by atoms with Crippen LogP contribution in [0.25, 0.3) is 0 Å². The Morgan fingerprint density at radius 1 is 1.25 bits per heavy atom. The highest BCUT2D eigenvalue weighted by Gasteiger charge is 2.17. The highest BCUT2D eigenvalue weighted by atomic mass is 16.5. The molecule has 0 N–H and O–H groups in total. The topological polar surface area (TPSA) is 43.4 Å². The van der Waals surface area contributed by atoms with Crippen LogP contribution < -0.4 is 0 Å². The van der Waals surface area contributed by atoms with Crippen LogP contribution in [0.5, 0.6) is 0 Å². The third-order valence-corrected chi connectivity index (χ3v) is 2.07. The zero-order chi connectivity index (χ0) is 12.6. The molecule has 0 saturated heterocycles. The molecular formula is C13H22O3. The smallest absolute Gasteiger partial charge is 0.341 e. The monoisotopic (exact) mass is 226 g/mol. The summed E-state index contributed by atoms with van der Waals surface area (Å²) in [5, 5.41) is 0. The molecule has 16 heavy (non-hydrogen) atoms. The van der Waals surface area contributed by atoms with Gasteiger partial charge in [-0.25, -0.2) is 4.79 Å². The van der Waals surface area contributed by atoms with E-state index in [1.807, 2.05) is 20.8 Å². The lowest BCUT2D eigenvalue weighted by molar-refractivity contribution is -0.140. The molecule has 0 aliphatic heterocycles. The molecular weight excluding hydrogens is 204 g/mol. The maximum Gasteiger partial charge on any atom is 0.341 e. The number of Topliss-reactive ketones (excluding diaryl/α,β-unsaturated/α-hetero) is 1. The van der Waals surface area contributed by atoms with Gasteiger partial charge in [-0.3, -0.25) is 4.79 Å². The minimum absolute atomic E-state index is 0.137. The van der Waals surface area contributed by atoms with Crippen LogP contribution in [-0.2, 0) is 14.3 Å². The first-order valence-electron chi connectivity index (χ1n) is 5.93. The Balaban J connectivity index is 4.59. The summed E-state index contributed by atoms with van der Waals surface area (Å²) in [4.78, 5) is 23.2. The fraction of sp³-hybridized carbons (Fsp3) is 0.692. The van der Waals surface area contributed by atoms with E-state index in [9.17, 15) is 9.59 Å². The van der Waals surface area contributed by atoms with Crippen LogP contribution in [0.1, 0.15) is 47.0 Å². The molecule has 0 aliphatic rings. The second-order valence-electron chi connectivity index (χ2n) is 4.16. The minimum atomic E-state index is -0.477. The van der Waals surface area contributed by atoms with Gasteiger partial charge in [0.15, 0.2) is 5.78 Å². The van der Waals surface area contributed by atoms with E-state index in [-0.39, 0.29) is 11.4 Å². The number of hydrogen-bond donors (Lipinski definition) is 0. The van der Waals surface area contributed by atoms with Gasteiger partial charge in [0.1, 0.15) is 0 Å². The fourth-order valence-electron chi connectivity index (χ4n) is 1.13. The number of allylic oxidation sites excluding steroid dienone is 1. The van der Waals surface area contributed by atoms with E-state index in [0.29, 0.717) is 18.9 Å². The quantitative estimate of drug-likeness (QED) is 0.290. The van der Waals surface area contributed by atoms with Crippen molar-refractivity contribution in [2.75, 3.05) is 6.61 Å². The van der Waals surface area contributed by atoms with E-state index >= 15 is 0 Å². The van der Waals surface area contributed by atoms with Crippen molar-refractivity contribution in [3.05, 3.63) is 11.6 Å². The van der Waals surface area contributed by atoms with Gasteiger partial charge in [0.25, 0.3) is 0 Å². The third-order valence-electron chi connectivity index (χ3n) is 2.07. The number of rotatable bonds is 7. The highest BCUT2D eigenvalue weighted by molar-refractivity contribution is 6.17. The molecule has 0 atom stereocenters. The number of carbonyl (C=O) groups excluding carboxylic acids is 2. The third kappa shape index (κ3) is 5.69. The summed E-state index contributed by atoms with van der Waals surface area (Å²) in [6.45, 7) is 8.13. The SMILES string of the molecule is CCCOC(=O)C(=CCC(C)C)C(=O)CC. The molecule has 0 amide bonds. The molecule has 0 heterocycles. The van der Waals surface area contributed by atoms with E-state index in [0.717, 1.165) is 12.8 Å². The van der Waals surface area contributed by atoms with Gasteiger partial charge in [-0.15, -0.1) is 0 Å². The van der Waals surface area contributed by atoms with Gasteiger partial charge in [-0.2, -0.15) is 0 Å². The number of ether oxygens (including phenoxy) is 1. The summed E-state index contributed by atoms with van der Waals surface area (Å²) in [5.41, 5.74) is 0.213. The van der Waals surface area contributed by atoms with E-state index in [1.165, 1.54) is 0 Å². The van der Waals surface area contributed by atoms with Crippen molar-refractivity contribution in [3.63, 3.8) is 0 Å². The summed E-state index contributed by atoms with van der Waals surface area (Å²) < 4.78 is 4.98. The van der Waals surface area contributed by atoms with Gasteiger partial charge in [-0.05, 0) is 18.8 Å². The first-order chi connectivity index (χ1) is 7.52. The Bertz CT molecular complexity index is 264. The van der Waals surface area contributed by atoms with Crippen LogP contribution in [0.15, 0.2) is 11.6 Å². The largest absolute Gasteiger partial charge is 0.462 e. The number of carbonyl (C=O) groups is 2. The molecule has 0 unspecified atom stereocenters. The molecule has 0 bridgehead atoms. The Morgan fingerprint density at radius 3 is 2.31 bits per heavy atom. The Labute approximate surface area is 97.9 Å². The van der Waals surface area contributed by atoms with Crippen molar-refractivity contribution in [2.45, 2.75) is 47.0 Å². The van der Waals surface area contributed by atoms with E-state index in [4.69, 9.17) is 4.74 Å². The number of ketones is 1. The van der Waals surface area contributed by atoms with E-state index in [2.05, 4.69) is 0 Å². The second kappa shape index (κ2) is 8.08. The Morgan fingerprint density at radius 2 is 1.88 bits per heavy atom. The second-order valence-corrected chi connectivity index (χ2v) is 4.16. The molecule has 0 aromatic carbocycles. The van der Waals surface area contributed by atoms with Gasteiger partial charge in [0.2, 0.25) is 0 Å². The predicted octanol–water partition coefficient (Wildman–Crippen LogP) is 2.89. The highest BCUT2D eigenvalue weighted by Crippen LogP contribution is 2.09. The molecule has 0 aromatic heterocycles. The van der Waals surface area contributed by atoms with Crippen LogP contribution in [0, 0.1) is 5.92 Å². The molecule has 0 spiro atoms. The molecule has 0 aromatic rings. The molecule has 3 heteroatoms. The lowest BCUT2D eigenvalue weighted by atomic mass is 10.0. The van der Waals surface area contributed by atoms with Crippen LogP contribution in [0.3, 0.4) is 0 Å². The zero-order valence-electron chi connectivity index (χ0n) is 10.7. The lowest BCUT2D eigenvalue weighted by Gasteiger charge is -2.07. The van der Waals surface area contributed by atoms with Gasteiger partial charge >= 0.3 is 5.97 Å². The Kier molecular flexibility index (Phi) is 7.52.